The summed E-state index contributed by atoms with van der Waals surface area (Å²) in [6.45, 7) is 1.97. The molecule has 1 aliphatic rings. The summed E-state index contributed by atoms with van der Waals surface area (Å²) >= 11 is 3.30. The number of thioether (sulfide) groups is 1. The minimum atomic E-state index is -3.56. The first-order chi connectivity index (χ1) is 14.4. The highest BCUT2D eigenvalue weighted by atomic mass is 32.2. The number of anilines is 1. The van der Waals surface area contributed by atoms with Gasteiger partial charge in [0, 0.05) is 34.1 Å². The molecule has 1 heterocycles. The largest absolute Gasteiger partial charge is 0.322 e. The number of rotatable bonds is 8. The lowest BCUT2D eigenvalue weighted by Crippen LogP contribution is -2.25. The van der Waals surface area contributed by atoms with Gasteiger partial charge in [0.15, 0.2) is 0 Å². The van der Waals surface area contributed by atoms with Gasteiger partial charge in [-0.2, -0.15) is 0 Å². The van der Waals surface area contributed by atoms with E-state index in [1.54, 1.807) is 47.4 Å². The van der Waals surface area contributed by atoms with Crippen molar-refractivity contribution in [2.75, 3.05) is 5.32 Å². The summed E-state index contributed by atoms with van der Waals surface area (Å²) in [4.78, 5) is 17.1. The van der Waals surface area contributed by atoms with E-state index in [0.717, 1.165) is 34.2 Å². The molecule has 156 valence electrons. The van der Waals surface area contributed by atoms with Crippen molar-refractivity contribution in [3.63, 3.8) is 0 Å². The Morgan fingerprint density at radius 1 is 1.20 bits per heavy atom. The highest BCUT2D eigenvalue weighted by molar-refractivity contribution is 8.00. The quantitative estimate of drug-likeness (QED) is 0.486. The Labute approximate surface area is 184 Å². The number of nitrogens with zero attached hydrogens (tertiary/aromatic N) is 1. The first-order valence-corrected chi connectivity index (χ1v) is 12.8. The molecule has 0 saturated heterocycles. The first-order valence-electron chi connectivity index (χ1n) is 9.47. The van der Waals surface area contributed by atoms with Gasteiger partial charge < -0.3 is 5.32 Å². The standard InChI is InChI=1S/C21H21N3O3S3/c1-14-12-28-21(22-14)29-13-15-5-7-16(8-6-15)20(25)23-18-3-2-4-19(11-18)30(26,27)24-17-9-10-17/h2-8,11-12,17,24H,9-10,13H2,1H3,(H,23,25). The van der Waals surface area contributed by atoms with E-state index in [1.807, 2.05) is 24.4 Å². The second-order valence-corrected chi connectivity index (χ2v) is 10.9. The van der Waals surface area contributed by atoms with Crippen molar-refractivity contribution in [3.8, 4) is 0 Å². The van der Waals surface area contributed by atoms with Crippen LogP contribution in [0.2, 0.25) is 0 Å². The van der Waals surface area contributed by atoms with Crippen molar-refractivity contribution >= 4 is 44.7 Å². The molecule has 0 aliphatic heterocycles. The maximum Gasteiger partial charge on any atom is 0.255 e. The van der Waals surface area contributed by atoms with E-state index in [2.05, 4.69) is 15.0 Å². The smallest absolute Gasteiger partial charge is 0.255 e. The van der Waals surface area contributed by atoms with Gasteiger partial charge >= 0.3 is 0 Å². The Morgan fingerprint density at radius 3 is 2.63 bits per heavy atom. The highest BCUT2D eigenvalue weighted by Gasteiger charge is 2.28. The van der Waals surface area contributed by atoms with Gasteiger partial charge in [-0.05, 0) is 55.7 Å². The molecule has 1 aromatic heterocycles. The van der Waals surface area contributed by atoms with Gasteiger partial charge in [0.25, 0.3) is 5.91 Å². The van der Waals surface area contributed by atoms with Gasteiger partial charge in [0.1, 0.15) is 4.34 Å². The number of hydrogen-bond acceptors (Lipinski definition) is 6. The average Bonchev–Trinajstić information content (AvgIpc) is 3.44. The highest BCUT2D eigenvalue weighted by Crippen LogP contribution is 2.26. The lowest BCUT2D eigenvalue weighted by atomic mass is 10.1. The minimum Gasteiger partial charge on any atom is -0.322 e. The summed E-state index contributed by atoms with van der Waals surface area (Å²) < 4.78 is 28.4. The fourth-order valence-electron chi connectivity index (χ4n) is 2.73. The number of nitrogens with one attached hydrogen (secondary N) is 2. The van der Waals surface area contributed by atoms with E-state index in [0.29, 0.717) is 11.3 Å². The van der Waals surface area contributed by atoms with E-state index in [4.69, 9.17) is 0 Å². The van der Waals surface area contributed by atoms with Crippen LogP contribution in [0.4, 0.5) is 5.69 Å². The maximum atomic E-state index is 12.6. The zero-order valence-corrected chi connectivity index (χ0v) is 18.7. The lowest BCUT2D eigenvalue weighted by Gasteiger charge is -2.09. The Bertz CT molecular complexity index is 1150. The number of carbonyl (C=O) groups is 1. The van der Waals surface area contributed by atoms with Crippen molar-refractivity contribution in [3.05, 3.63) is 70.7 Å². The van der Waals surface area contributed by atoms with Crippen molar-refractivity contribution in [2.45, 2.75) is 40.8 Å². The van der Waals surface area contributed by atoms with Gasteiger partial charge in [-0.1, -0.05) is 30.0 Å². The molecule has 0 bridgehead atoms. The van der Waals surface area contributed by atoms with E-state index in [1.165, 1.54) is 12.1 Å². The molecule has 0 unspecified atom stereocenters. The Kier molecular flexibility index (Phi) is 6.24. The fourth-order valence-corrected chi connectivity index (χ4v) is 5.88. The zero-order chi connectivity index (χ0) is 21.1. The summed E-state index contributed by atoms with van der Waals surface area (Å²) in [5.41, 5.74) is 3.08. The third-order valence-electron chi connectivity index (χ3n) is 4.48. The Balaban J connectivity index is 1.38. The molecule has 1 saturated carbocycles. The normalized spacial score (nSPS) is 13.9. The van der Waals surface area contributed by atoms with Crippen LogP contribution < -0.4 is 10.0 Å². The Morgan fingerprint density at radius 2 is 1.97 bits per heavy atom. The van der Waals surface area contributed by atoms with Crippen molar-refractivity contribution < 1.29 is 13.2 Å². The molecule has 2 N–H and O–H groups in total. The van der Waals surface area contributed by atoms with Gasteiger partial charge in [-0.15, -0.1) is 11.3 Å². The van der Waals surface area contributed by atoms with E-state index in [-0.39, 0.29) is 16.8 Å². The number of aromatic nitrogens is 1. The van der Waals surface area contributed by atoms with Crippen molar-refractivity contribution in [1.82, 2.24) is 9.71 Å². The second-order valence-electron chi connectivity index (χ2n) is 7.12. The number of hydrogen-bond donors (Lipinski definition) is 2. The van der Waals surface area contributed by atoms with Gasteiger partial charge in [-0.25, -0.2) is 18.1 Å². The molecule has 0 atom stereocenters. The maximum absolute atomic E-state index is 12.6. The van der Waals surface area contributed by atoms with Crippen LogP contribution in [0.3, 0.4) is 0 Å². The van der Waals surface area contributed by atoms with Gasteiger partial charge in [-0.3, -0.25) is 4.79 Å². The molecule has 9 heteroatoms. The lowest BCUT2D eigenvalue weighted by molar-refractivity contribution is 0.102. The molecule has 0 radical (unpaired) electrons. The van der Waals surface area contributed by atoms with Crippen LogP contribution in [0.25, 0.3) is 0 Å². The number of sulfonamides is 1. The summed E-state index contributed by atoms with van der Waals surface area (Å²) in [5.74, 6) is 0.498. The SMILES string of the molecule is Cc1csc(SCc2ccc(C(=O)Nc3cccc(S(=O)(=O)NC4CC4)c3)cc2)n1. The molecule has 2 aromatic carbocycles. The molecule has 0 spiro atoms. The van der Waals surface area contributed by atoms with Crippen LogP contribution >= 0.6 is 23.1 Å². The molecule has 3 aromatic rings. The van der Waals surface area contributed by atoms with Gasteiger partial charge in [0.05, 0.1) is 4.90 Å². The number of thiazole rings is 1. The summed E-state index contributed by atoms with van der Waals surface area (Å²) in [6, 6.07) is 13.7. The molecule has 1 amide bonds. The Hall–Kier alpha value is -2.20. The average molecular weight is 460 g/mol. The third kappa shape index (κ3) is 5.48. The number of carbonyl (C=O) groups excluding carboxylic acids is 1. The van der Waals surface area contributed by atoms with Crippen LogP contribution in [-0.2, 0) is 15.8 Å². The van der Waals surface area contributed by atoms with E-state index < -0.39 is 10.0 Å². The minimum absolute atomic E-state index is 0.0320. The number of benzene rings is 2. The zero-order valence-electron chi connectivity index (χ0n) is 16.3. The molecular formula is C21H21N3O3S3. The van der Waals surface area contributed by atoms with Crippen molar-refractivity contribution in [1.29, 1.82) is 0 Å². The predicted molar refractivity (Wildman–Crippen MR) is 121 cm³/mol. The summed E-state index contributed by atoms with van der Waals surface area (Å²) in [6.07, 6.45) is 1.74. The third-order valence-corrected chi connectivity index (χ3v) is 8.21. The van der Waals surface area contributed by atoms with Crippen LogP contribution in [0.15, 0.2) is 63.1 Å². The predicted octanol–water partition coefficient (Wildman–Crippen LogP) is 4.44. The monoisotopic (exact) mass is 459 g/mol. The topological polar surface area (TPSA) is 88.2 Å². The number of aryl methyl sites for hydroxylation is 1. The molecular weight excluding hydrogens is 438 g/mol. The van der Waals surface area contributed by atoms with Crippen LogP contribution in [0, 0.1) is 6.92 Å². The van der Waals surface area contributed by atoms with Crippen LogP contribution in [0.5, 0.6) is 0 Å². The van der Waals surface area contributed by atoms with Gasteiger partial charge in [0.2, 0.25) is 10.0 Å². The molecule has 6 nitrogen and oxygen atoms in total. The first kappa shape index (κ1) is 21.0. The van der Waals surface area contributed by atoms with Crippen LogP contribution in [-0.4, -0.2) is 25.4 Å². The molecule has 1 aliphatic carbocycles. The summed E-state index contributed by atoms with van der Waals surface area (Å²) in [7, 11) is -3.56. The second kappa shape index (κ2) is 8.89. The molecule has 1 fully saturated rings. The van der Waals surface area contributed by atoms with E-state index >= 15 is 0 Å². The molecule has 4 rings (SSSR count). The summed E-state index contributed by atoms with van der Waals surface area (Å²) in [5, 5.41) is 4.80. The van der Waals surface area contributed by atoms with Crippen molar-refractivity contribution in [2.24, 2.45) is 0 Å². The van der Waals surface area contributed by atoms with E-state index in [9.17, 15) is 13.2 Å². The molecule has 30 heavy (non-hydrogen) atoms. The number of amides is 1. The van der Waals surface area contributed by atoms with Crippen LogP contribution in [0.1, 0.15) is 34.5 Å². The fraction of sp³-hybridized carbons (Fsp3) is 0.238.